The molecule has 0 radical (unpaired) electrons. The van der Waals surface area contributed by atoms with Crippen molar-refractivity contribution < 1.29 is 0 Å². The van der Waals surface area contributed by atoms with Crippen molar-refractivity contribution >= 4 is 26.7 Å². The van der Waals surface area contributed by atoms with Crippen molar-refractivity contribution in [3.8, 4) is 6.07 Å². The van der Waals surface area contributed by atoms with Crippen molar-refractivity contribution in [2.24, 2.45) is 11.8 Å². The van der Waals surface area contributed by atoms with E-state index in [-0.39, 0.29) is 5.92 Å². The molecule has 0 saturated heterocycles. The van der Waals surface area contributed by atoms with Crippen LogP contribution in [-0.4, -0.2) is 4.98 Å². The minimum atomic E-state index is 0.0673. The van der Waals surface area contributed by atoms with Crippen LogP contribution in [0.2, 0.25) is 0 Å². The quantitative estimate of drug-likeness (QED) is 0.903. The van der Waals surface area contributed by atoms with Crippen molar-refractivity contribution in [2.75, 3.05) is 5.73 Å². The van der Waals surface area contributed by atoms with Crippen molar-refractivity contribution in [1.82, 2.24) is 4.98 Å². The van der Waals surface area contributed by atoms with Gasteiger partial charge in [0.2, 0.25) is 0 Å². The molecule has 0 saturated carbocycles. The van der Waals surface area contributed by atoms with E-state index in [0.717, 1.165) is 16.6 Å². The third kappa shape index (κ3) is 2.56. The van der Waals surface area contributed by atoms with E-state index >= 15 is 0 Å². The summed E-state index contributed by atoms with van der Waals surface area (Å²) in [6.45, 7) is 4.16. The Morgan fingerprint density at radius 1 is 1.47 bits per heavy atom. The van der Waals surface area contributed by atoms with Crippen LogP contribution in [0.25, 0.3) is 10.2 Å². The maximum absolute atomic E-state index is 9.10. The molecular weight excluding hydrogens is 230 g/mol. The van der Waals surface area contributed by atoms with Crippen molar-refractivity contribution in [2.45, 2.75) is 20.3 Å². The van der Waals surface area contributed by atoms with Gasteiger partial charge >= 0.3 is 0 Å². The average molecular weight is 245 g/mol. The summed E-state index contributed by atoms with van der Waals surface area (Å²) < 4.78 is 1.10. The van der Waals surface area contributed by atoms with Crippen LogP contribution in [0.4, 0.5) is 5.13 Å². The van der Waals surface area contributed by atoms with Crippen molar-refractivity contribution in [1.29, 1.82) is 5.26 Å². The van der Waals surface area contributed by atoms with E-state index in [4.69, 9.17) is 11.0 Å². The minimum Gasteiger partial charge on any atom is -0.375 e. The molecule has 0 aliphatic rings. The fourth-order valence-corrected chi connectivity index (χ4v) is 2.60. The number of fused-ring (bicyclic) bond motifs is 1. The average Bonchev–Trinajstić information content (AvgIpc) is 2.64. The Labute approximate surface area is 105 Å². The Morgan fingerprint density at radius 3 is 2.88 bits per heavy atom. The first kappa shape index (κ1) is 11.9. The maximum Gasteiger partial charge on any atom is 0.181 e. The molecule has 0 aliphatic heterocycles. The molecule has 0 aliphatic carbocycles. The van der Waals surface area contributed by atoms with Gasteiger partial charge in [0.05, 0.1) is 22.2 Å². The summed E-state index contributed by atoms with van der Waals surface area (Å²) >= 11 is 1.49. The second-order valence-corrected chi connectivity index (χ2v) is 5.60. The zero-order valence-corrected chi connectivity index (χ0v) is 10.8. The fourth-order valence-electron chi connectivity index (χ4n) is 1.80. The van der Waals surface area contributed by atoms with E-state index in [1.807, 2.05) is 12.1 Å². The minimum absolute atomic E-state index is 0.0673. The molecule has 1 aromatic heterocycles. The van der Waals surface area contributed by atoms with E-state index in [2.05, 4.69) is 31.0 Å². The summed E-state index contributed by atoms with van der Waals surface area (Å²) in [6.07, 6.45) is 0.794. The van der Waals surface area contributed by atoms with E-state index < -0.39 is 0 Å². The van der Waals surface area contributed by atoms with Gasteiger partial charge in [-0.15, -0.1) is 0 Å². The fraction of sp³-hybridized carbons (Fsp3) is 0.385. The molecule has 4 heteroatoms. The van der Waals surface area contributed by atoms with E-state index in [1.165, 1.54) is 16.9 Å². The molecule has 0 fully saturated rings. The number of aromatic nitrogens is 1. The van der Waals surface area contributed by atoms with Crippen LogP contribution in [0.3, 0.4) is 0 Å². The van der Waals surface area contributed by atoms with Crippen LogP contribution in [0, 0.1) is 23.2 Å². The highest BCUT2D eigenvalue weighted by atomic mass is 32.1. The molecule has 1 atom stereocenters. The Bertz CT molecular complexity index is 566. The van der Waals surface area contributed by atoms with Crippen LogP contribution < -0.4 is 5.73 Å². The van der Waals surface area contributed by atoms with Gasteiger partial charge in [0.1, 0.15) is 0 Å². The molecule has 88 valence electrons. The van der Waals surface area contributed by atoms with Gasteiger partial charge in [0, 0.05) is 0 Å². The van der Waals surface area contributed by atoms with E-state index in [9.17, 15) is 0 Å². The molecular formula is C13H15N3S. The Hall–Kier alpha value is -1.60. The molecule has 3 nitrogen and oxygen atoms in total. The van der Waals surface area contributed by atoms with Gasteiger partial charge in [-0.1, -0.05) is 31.3 Å². The van der Waals surface area contributed by atoms with Gasteiger partial charge in [-0.2, -0.15) is 5.26 Å². The lowest BCUT2D eigenvalue weighted by atomic mass is 9.90. The molecule has 0 amide bonds. The summed E-state index contributed by atoms with van der Waals surface area (Å²) in [7, 11) is 0. The van der Waals surface area contributed by atoms with Crippen LogP contribution >= 0.6 is 11.3 Å². The number of nitrogens with two attached hydrogens (primary N) is 1. The lowest BCUT2D eigenvalue weighted by Crippen LogP contribution is -2.09. The molecule has 0 spiro atoms. The number of nitrogen functional groups attached to an aromatic ring is 1. The lowest BCUT2D eigenvalue weighted by molar-refractivity contribution is 0.474. The normalized spacial score (nSPS) is 12.8. The summed E-state index contributed by atoms with van der Waals surface area (Å²) in [6, 6.07) is 8.47. The van der Waals surface area contributed by atoms with Crippen molar-refractivity contribution in [3.63, 3.8) is 0 Å². The number of benzene rings is 1. The second kappa shape index (κ2) is 4.72. The number of rotatable bonds is 3. The van der Waals surface area contributed by atoms with Gasteiger partial charge in [-0.25, -0.2) is 4.98 Å². The second-order valence-electron chi connectivity index (χ2n) is 4.54. The van der Waals surface area contributed by atoms with E-state index in [1.54, 1.807) is 0 Å². The van der Waals surface area contributed by atoms with Crippen LogP contribution in [0.15, 0.2) is 18.2 Å². The molecule has 1 heterocycles. The summed E-state index contributed by atoms with van der Waals surface area (Å²) in [5, 5.41) is 9.69. The standard InChI is InChI=1S/C13H15N3S/c1-8(2)10(7-14)5-9-3-4-11-12(6-9)17-13(15)16-11/h3-4,6,8,10H,5H2,1-2H3,(H2,15,16). The zero-order valence-electron chi connectivity index (χ0n) is 9.97. The van der Waals surface area contributed by atoms with Crippen LogP contribution in [0.1, 0.15) is 19.4 Å². The van der Waals surface area contributed by atoms with Gasteiger partial charge in [-0.05, 0) is 30.0 Å². The maximum atomic E-state index is 9.10. The number of hydrogen-bond donors (Lipinski definition) is 1. The van der Waals surface area contributed by atoms with Gasteiger partial charge in [-0.3, -0.25) is 0 Å². The van der Waals surface area contributed by atoms with Crippen LogP contribution in [0.5, 0.6) is 0 Å². The smallest absolute Gasteiger partial charge is 0.181 e. The first-order valence-electron chi connectivity index (χ1n) is 5.64. The topological polar surface area (TPSA) is 62.7 Å². The highest BCUT2D eigenvalue weighted by Crippen LogP contribution is 2.26. The third-order valence-electron chi connectivity index (χ3n) is 2.90. The highest BCUT2D eigenvalue weighted by Gasteiger charge is 2.13. The Balaban J connectivity index is 2.27. The monoisotopic (exact) mass is 245 g/mol. The molecule has 17 heavy (non-hydrogen) atoms. The Morgan fingerprint density at radius 2 is 2.24 bits per heavy atom. The first-order valence-corrected chi connectivity index (χ1v) is 6.46. The molecule has 2 rings (SSSR count). The highest BCUT2D eigenvalue weighted by molar-refractivity contribution is 7.22. The summed E-state index contributed by atoms with van der Waals surface area (Å²) in [5.74, 6) is 0.444. The van der Waals surface area contributed by atoms with E-state index in [0.29, 0.717) is 11.0 Å². The number of hydrogen-bond acceptors (Lipinski definition) is 4. The van der Waals surface area contributed by atoms with Gasteiger partial charge in [0.15, 0.2) is 5.13 Å². The Kier molecular flexibility index (Phi) is 3.30. The zero-order chi connectivity index (χ0) is 12.4. The van der Waals surface area contributed by atoms with Gasteiger partial charge < -0.3 is 5.73 Å². The summed E-state index contributed by atoms with van der Waals surface area (Å²) in [5.41, 5.74) is 7.79. The third-order valence-corrected chi connectivity index (χ3v) is 3.74. The molecule has 2 aromatic rings. The van der Waals surface area contributed by atoms with Gasteiger partial charge in [0.25, 0.3) is 0 Å². The largest absolute Gasteiger partial charge is 0.375 e. The SMILES string of the molecule is CC(C)C(C#N)Cc1ccc2nc(N)sc2c1. The van der Waals surface area contributed by atoms with Crippen LogP contribution in [-0.2, 0) is 6.42 Å². The number of anilines is 1. The lowest BCUT2D eigenvalue weighted by Gasteiger charge is -2.12. The summed E-state index contributed by atoms with van der Waals surface area (Å²) in [4.78, 5) is 4.22. The predicted octanol–water partition coefficient (Wildman–Crippen LogP) is 3.22. The molecule has 1 aromatic carbocycles. The molecule has 0 bridgehead atoms. The number of nitrogens with zero attached hydrogens (tertiary/aromatic N) is 2. The van der Waals surface area contributed by atoms with Crippen molar-refractivity contribution in [3.05, 3.63) is 23.8 Å². The first-order chi connectivity index (χ1) is 8.10. The molecule has 2 N–H and O–H groups in total. The molecule has 1 unspecified atom stereocenters. The predicted molar refractivity (Wildman–Crippen MR) is 71.7 cm³/mol. The number of thiazole rings is 1. The number of nitriles is 1.